The van der Waals surface area contributed by atoms with Gasteiger partial charge >= 0.3 is 0 Å². The molecule has 0 saturated carbocycles. The van der Waals surface area contributed by atoms with Crippen molar-refractivity contribution >= 4 is 28.7 Å². The third-order valence-corrected chi connectivity index (χ3v) is 4.13. The van der Waals surface area contributed by atoms with Gasteiger partial charge in [-0.15, -0.1) is 17.9 Å². The second kappa shape index (κ2) is 8.41. The molecule has 0 radical (unpaired) electrons. The minimum Gasteiger partial charge on any atom is -0.325 e. The predicted molar refractivity (Wildman–Crippen MR) is 94.9 cm³/mol. The molecule has 0 spiro atoms. The van der Waals surface area contributed by atoms with Crippen LogP contribution >= 0.6 is 11.3 Å². The second-order valence-corrected chi connectivity index (χ2v) is 6.26. The number of carbonyl (C=O) groups excluding carboxylic acids is 2. The van der Waals surface area contributed by atoms with E-state index in [-0.39, 0.29) is 18.2 Å². The van der Waals surface area contributed by atoms with Gasteiger partial charge in [-0.25, -0.2) is 0 Å². The maximum absolute atomic E-state index is 12.2. The summed E-state index contributed by atoms with van der Waals surface area (Å²) >= 11 is 1.67. The molecule has 0 aliphatic rings. The number of ketones is 1. The number of hydrogen-bond donors (Lipinski definition) is 1. The van der Waals surface area contributed by atoms with Crippen LogP contribution in [-0.4, -0.2) is 29.7 Å². The smallest absolute Gasteiger partial charge is 0.238 e. The maximum Gasteiger partial charge on any atom is 0.238 e. The Bertz CT molecular complexity index is 680. The monoisotopic (exact) mass is 328 g/mol. The summed E-state index contributed by atoms with van der Waals surface area (Å²) in [7, 11) is 0. The number of rotatable bonds is 8. The lowest BCUT2D eigenvalue weighted by molar-refractivity contribution is -0.117. The Morgan fingerprint density at radius 1 is 1.30 bits per heavy atom. The molecule has 0 saturated heterocycles. The fourth-order valence-electron chi connectivity index (χ4n) is 2.21. The van der Waals surface area contributed by atoms with Gasteiger partial charge in [0.1, 0.15) is 0 Å². The van der Waals surface area contributed by atoms with E-state index in [1.165, 1.54) is 11.8 Å². The number of thiophene rings is 1. The average molecular weight is 328 g/mol. The van der Waals surface area contributed by atoms with Crippen molar-refractivity contribution in [3.05, 3.63) is 64.9 Å². The summed E-state index contributed by atoms with van der Waals surface area (Å²) in [6, 6.07) is 11.0. The van der Waals surface area contributed by atoms with E-state index in [0.29, 0.717) is 24.3 Å². The van der Waals surface area contributed by atoms with Crippen LogP contribution in [0.4, 0.5) is 5.69 Å². The molecule has 0 fully saturated rings. The van der Waals surface area contributed by atoms with Crippen LogP contribution in [0.2, 0.25) is 0 Å². The van der Waals surface area contributed by atoms with Crippen LogP contribution in [0.5, 0.6) is 0 Å². The number of Topliss-reactive ketones (excluding diaryl/α,β-unsaturated/α-hetero) is 1. The Labute approximate surface area is 140 Å². The Hall–Kier alpha value is -2.24. The molecule has 0 unspecified atom stereocenters. The number of nitrogens with zero attached hydrogens (tertiary/aromatic N) is 1. The van der Waals surface area contributed by atoms with Crippen molar-refractivity contribution in [3.63, 3.8) is 0 Å². The standard InChI is InChI=1S/C18H20N2O2S/c1-3-9-20(12-17-8-5-10-23-17)13-18(22)19-16-7-4-6-15(11-16)14(2)21/h3-8,10-11H,1,9,12-13H2,2H3,(H,19,22). The van der Waals surface area contributed by atoms with Crippen LogP contribution in [0.15, 0.2) is 54.4 Å². The van der Waals surface area contributed by atoms with Crippen LogP contribution in [0.1, 0.15) is 22.2 Å². The molecule has 2 rings (SSSR count). The van der Waals surface area contributed by atoms with Gasteiger partial charge in [0.05, 0.1) is 6.54 Å². The first-order chi connectivity index (χ1) is 11.1. The lowest BCUT2D eigenvalue weighted by atomic mass is 10.1. The number of benzene rings is 1. The van der Waals surface area contributed by atoms with E-state index in [9.17, 15) is 9.59 Å². The lowest BCUT2D eigenvalue weighted by Gasteiger charge is -2.19. The van der Waals surface area contributed by atoms with Gasteiger partial charge in [0.15, 0.2) is 5.78 Å². The number of amides is 1. The van der Waals surface area contributed by atoms with E-state index in [1.54, 1.807) is 41.7 Å². The summed E-state index contributed by atoms with van der Waals surface area (Å²) in [4.78, 5) is 26.9. The molecule has 23 heavy (non-hydrogen) atoms. The predicted octanol–water partition coefficient (Wildman–Crippen LogP) is 3.58. The van der Waals surface area contributed by atoms with Crippen molar-refractivity contribution < 1.29 is 9.59 Å². The molecule has 4 nitrogen and oxygen atoms in total. The summed E-state index contributed by atoms with van der Waals surface area (Å²) in [5.41, 5.74) is 1.22. The first kappa shape index (κ1) is 17.1. The SMILES string of the molecule is C=CCN(CC(=O)Nc1cccc(C(C)=O)c1)Cc1cccs1. The number of nitrogens with one attached hydrogen (secondary N) is 1. The molecule has 0 aliphatic heterocycles. The molecular weight excluding hydrogens is 308 g/mol. The molecule has 1 aromatic heterocycles. The molecule has 120 valence electrons. The minimum atomic E-state index is -0.107. The van der Waals surface area contributed by atoms with Crippen LogP contribution in [0, 0.1) is 0 Å². The number of hydrogen-bond acceptors (Lipinski definition) is 4. The molecule has 1 heterocycles. The molecule has 0 bridgehead atoms. The summed E-state index contributed by atoms with van der Waals surface area (Å²) in [6.07, 6.45) is 1.79. The maximum atomic E-state index is 12.2. The normalized spacial score (nSPS) is 10.5. The molecule has 0 atom stereocenters. The summed E-state index contributed by atoms with van der Waals surface area (Å²) < 4.78 is 0. The number of carbonyl (C=O) groups is 2. The Balaban J connectivity index is 1.97. The van der Waals surface area contributed by atoms with Crippen molar-refractivity contribution in [1.82, 2.24) is 4.90 Å². The van der Waals surface area contributed by atoms with Crippen LogP contribution in [-0.2, 0) is 11.3 Å². The largest absolute Gasteiger partial charge is 0.325 e. The van der Waals surface area contributed by atoms with Gasteiger partial charge in [-0.05, 0) is 30.5 Å². The topological polar surface area (TPSA) is 49.4 Å². The lowest BCUT2D eigenvalue weighted by Crippen LogP contribution is -2.32. The molecule has 2 aromatic rings. The van der Waals surface area contributed by atoms with E-state index in [2.05, 4.69) is 18.0 Å². The van der Waals surface area contributed by atoms with Gasteiger partial charge in [-0.2, -0.15) is 0 Å². The van der Waals surface area contributed by atoms with Crippen molar-refractivity contribution in [3.8, 4) is 0 Å². The van der Waals surface area contributed by atoms with Crippen molar-refractivity contribution in [2.45, 2.75) is 13.5 Å². The van der Waals surface area contributed by atoms with E-state index in [0.717, 1.165) is 0 Å². The van der Waals surface area contributed by atoms with Crippen LogP contribution < -0.4 is 5.32 Å². The molecule has 5 heteroatoms. The molecular formula is C18H20N2O2S. The van der Waals surface area contributed by atoms with Crippen LogP contribution in [0.25, 0.3) is 0 Å². The molecule has 1 aromatic carbocycles. The van der Waals surface area contributed by atoms with Crippen molar-refractivity contribution in [2.24, 2.45) is 0 Å². The molecule has 0 aliphatic carbocycles. The van der Waals surface area contributed by atoms with Gasteiger partial charge in [-0.1, -0.05) is 24.3 Å². The fourth-order valence-corrected chi connectivity index (χ4v) is 2.96. The van der Waals surface area contributed by atoms with Crippen molar-refractivity contribution in [2.75, 3.05) is 18.4 Å². The third kappa shape index (κ3) is 5.47. The third-order valence-electron chi connectivity index (χ3n) is 3.27. The summed E-state index contributed by atoms with van der Waals surface area (Å²) in [5.74, 6) is -0.129. The Morgan fingerprint density at radius 2 is 2.13 bits per heavy atom. The van der Waals surface area contributed by atoms with E-state index in [1.807, 2.05) is 16.3 Å². The van der Waals surface area contributed by atoms with Crippen molar-refractivity contribution in [1.29, 1.82) is 0 Å². The quantitative estimate of drug-likeness (QED) is 0.595. The van der Waals surface area contributed by atoms with Crippen LogP contribution in [0.3, 0.4) is 0 Å². The summed E-state index contributed by atoms with van der Waals surface area (Å²) in [6.45, 7) is 6.87. The minimum absolute atomic E-state index is 0.0212. The Morgan fingerprint density at radius 3 is 2.78 bits per heavy atom. The molecule has 1 amide bonds. The first-order valence-electron chi connectivity index (χ1n) is 7.35. The summed E-state index contributed by atoms with van der Waals surface area (Å²) in [5, 5.41) is 4.86. The van der Waals surface area contributed by atoms with E-state index >= 15 is 0 Å². The first-order valence-corrected chi connectivity index (χ1v) is 8.23. The highest BCUT2D eigenvalue weighted by molar-refractivity contribution is 7.09. The zero-order valence-electron chi connectivity index (χ0n) is 13.1. The van der Waals surface area contributed by atoms with Gasteiger partial charge < -0.3 is 5.32 Å². The van der Waals surface area contributed by atoms with E-state index < -0.39 is 0 Å². The second-order valence-electron chi connectivity index (χ2n) is 5.22. The fraction of sp³-hybridized carbons (Fsp3) is 0.222. The van der Waals surface area contributed by atoms with E-state index in [4.69, 9.17) is 0 Å². The zero-order valence-corrected chi connectivity index (χ0v) is 13.9. The highest BCUT2D eigenvalue weighted by atomic mass is 32.1. The zero-order chi connectivity index (χ0) is 16.7. The van der Waals surface area contributed by atoms with Gasteiger partial charge in [-0.3, -0.25) is 14.5 Å². The number of anilines is 1. The van der Waals surface area contributed by atoms with Gasteiger partial charge in [0, 0.05) is 29.2 Å². The molecule has 1 N–H and O–H groups in total. The van der Waals surface area contributed by atoms with Gasteiger partial charge in [0.2, 0.25) is 5.91 Å². The highest BCUT2D eigenvalue weighted by Gasteiger charge is 2.11. The van der Waals surface area contributed by atoms with Gasteiger partial charge in [0.25, 0.3) is 0 Å². The highest BCUT2D eigenvalue weighted by Crippen LogP contribution is 2.13. The average Bonchev–Trinajstić information content (AvgIpc) is 3.00. The Kier molecular flexibility index (Phi) is 6.26.